The minimum absolute atomic E-state index is 0.0154. The van der Waals surface area contributed by atoms with Crippen molar-refractivity contribution in [2.45, 2.75) is 17.7 Å². The fourth-order valence-corrected chi connectivity index (χ4v) is 3.14. The van der Waals surface area contributed by atoms with Crippen molar-refractivity contribution in [3.8, 4) is 0 Å². The molecule has 2 N–H and O–H groups in total. The lowest BCUT2D eigenvalue weighted by molar-refractivity contribution is -0.384. The molecule has 1 amide bonds. The number of nitro groups is 1. The van der Waals surface area contributed by atoms with Gasteiger partial charge in [-0.05, 0) is 18.6 Å². The van der Waals surface area contributed by atoms with Crippen LogP contribution in [-0.2, 0) is 4.79 Å². The molecule has 0 unspecified atom stereocenters. The molecule has 2 rings (SSSR count). The van der Waals surface area contributed by atoms with Gasteiger partial charge in [-0.25, -0.2) is 0 Å². The summed E-state index contributed by atoms with van der Waals surface area (Å²) in [6.07, 6.45) is 1.000. The van der Waals surface area contributed by atoms with Crippen LogP contribution in [0.15, 0.2) is 28.6 Å². The van der Waals surface area contributed by atoms with Gasteiger partial charge in [0.1, 0.15) is 0 Å². The monoisotopic (exact) mass is 353 g/mol. The Morgan fingerprint density at radius 3 is 2.74 bits per heavy atom. The molecule has 0 saturated carbocycles. The van der Waals surface area contributed by atoms with Gasteiger partial charge in [0.25, 0.3) is 5.69 Å². The fourth-order valence-electron chi connectivity index (χ4n) is 1.56. The van der Waals surface area contributed by atoms with Gasteiger partial charge < -0.3 is 10.6 Å². The van der Waals surface area contributed by atoms with Crippen LogP contribution in [0.2, 0.25) is 0 Å². The Kier molecular flexibility index (Phi) is 6.29. The van der Waals surface area contributed by atoms with E-state index in [0.717, 1.165) is 18.1 Å². The average Bonchev–Trinajstić information content (AvgIpc) is 2.99. The van der Waals surface area contributed by atoms with Gasteiger partial charge in [-0.3, -0.25) is 14.9 Å². The number of non-ortho nitro benzene ring substituents is 1. The van der Waals surface area contributed by atoms with Gasteiger partial charge in [0.2, 0.25) is 11.0 Å². The number of hydrogen-bond donors (Lipinski definition) is 2. The van der Waals surface area contributed by atoms with Gasteiger partial charge in [-0.1, -0.05) is 30.0 Å². The van der Waals surface area contributed by atoms with Crippen LogP contribution in [0.1, 0.15) is 13.3 Å². The number of hydrogen-bond acceptors (Lipinski definition) is 8. The lowest BCUT2D eigenvalue weighted by Crippen LogP contribution is -2.13. The third kappa shape index (κ3) is 5.49. The molecule has 0 atom stereocenters. The van der Waals surface area contributed by atoms with E-state index in [9.17, 15) is 14.9 Å². The van der Waals surface area contributed by atoms with Crippen molar-refractivity contribution < 1.29 is 9.72 Å². The summed E-state index contributed by atoms with van der Waals surface area (Å²) in [5.41, 5.74) is 0.502. The zero-order chi connectivity index (χ0) is 16.7. The van der Waals surface area contributed by atoms with Gasteiger partial charge in [-0.2, -0.15) is 0 Å². The Morgan fingerprint density at radius 1 is 1.35 bits per heavy atom. The zero-order valence-electron chi connectivity index (χ0n) is 12.3. The molecule has 122 valence electrons. The van der Waals surface area contributed by atoms with Gasteiger partial charge in [0.05, 0.1) is 10.7 Å². The second-order valence-electron chi connectivity index (χ2n) is 4.44. The predicted octanol–water partition coefficient (Wildman–Crippen LogP) is 3.00. The van der Waals surface area contributed by atoms with Crippen molar-refractivity contribution in [3.05, 3.63) is 34.4 Å². The maximum Gasteiger partial charge on any atom is 0.269 e. The molecule has 0 fully saturated rings. The van der Waals surface area contributed by atoms with E-state index in [0.29, 0.717) is 10.0 Å². The molecule has 1 aromatic heterocycles. The lowest BCUT2D eigenvalue weighted by Gasteiger charge is -2.03. The SMILES string of the molecule is CCCNc1nnc(SCC(=O)Nc2ccc([N+](=O)[O-])cc2)s1. The second-order valence-corrected chi connectivity index (χ2v) is 6.64. The van der Waals surface area contributed by atoms with E-state index < -0.39 is 4.92 Å². The van der Waals surface area contributed by atoms with Crippen LogP contribution in [0.25, 0.3) is 0 Å². The van der Waals surface area contributed by atoms with Gasteiger partial charge in [-0.15, -0.1) is 10.2 Å². The van der Waals surface area contributed by atoms with E-state index >= 15 is 0 Å². The molecular formula is C13H15N5O3S2. The summed E-state index contributed by atoms with van der Waals surface area (Å²) in [6.45, 7) is 2.89. The number of carbonyl (C=O) groups excluding carboxylic acids is 1. The van der Waals surface area contributed by atoms with Crippen LogP contribution in [0.3, 0.4) is 0 Å². The molecule has 0 aliphatic carbocycles. The van der Waals surface area contributed by atoms with Crippen molar-refractivity contribution in [2.24, 2.45) is 0 Å². The van der Waals surface area contributed by atoms with Gasteiger partial charge in [0.15, 0.2) is 4.34 Å². The first kappa shape index (κ1) is 17.2. The molecule has 10 heteroatoms. The summed E-state index contributed by atoms with van der Waals surface area (Å²) < 4.78 is 0.711. The number of nitrogens with zero attached hydrogens (tertiary/aromatic N) is 3. The minimum atomic E-state index is -0.485. The standard InChI is InChI=1S/C13H15N5O3S2/c1-2-7-14-12-16-17-13(23-12)22-8-11(19)15-9-3-5-10(6-4-9)18(20)21/h3-6H,2,7-8H2,1H3,(H,14,16)(H,15,19). The Morgan fingerprint density at radius 2 is 2.09 bits per heavy atom. The van der Waals surface area contributed by atoms with Crippen molar-refractivity contribution in [2.75, 3.05) is 22.9 Å². The molecule has 0 saturated heterocycles. The molecule has 23 heavy (non-hydrogen) atoms. The summed E-state index contributed by atoms with van der Waals surface area (Å²) in [6, 6.07) is 5.69. The van der Waals surface area contributed by atoms with E-state index in [1.807, 2.05) is 0 Å². The second kappa shape index (κ2) is 8.44. The highest BCUT2D eigenvalue weighted by Crippen LogP contribution is 2.25. The summed E-state index contributed by atoms with van der Waals surface area (Å²) in [5.74, 6) is -0.0125. The molecule has 0 radical (unpaired) electrons. The normalized spacial score (nSPS) is 10.3. The lowest BCUT2D eigenvalue weighted by atomic mass is 10.3. The first-order chi connectivity index (χ1) is 11.1. The minimum Gasteiger partial charge on any atom is -0.360 e. The molecular weight excluding hydrogens is 338 g/mol. The van der Waals surface area contributed by atoms with Gasteiger partial charge >= 0.3 is 0 Å². The Labute approximate surface area is 140 Å². The third-order valence-electron chi connectivity index (χ3n) is 2.62. The number of amides is 1. The van der Waals surface area contributed by atoms with E-state index in [-0.39, 0.29) is 17.3 Å². The maximum atomic E-state index is 11.9. The highest BCUT2D eigenvalue weighted by molar-refractivity contribution is 8.01. The number of aromatic nitrogens is 2. The van der Waals surface area contributed by atoms with E-state index in [1.165, 1.54) is 47.4 Å². The Balaban J connectivity index is 1.80. The molecule has 2 aromatic rings. The summed E-state index contributed by atoms with van der Waals surface area (Å²) in [5, 5.41) is 25.1. The number of nitro benzene ring substituents is 1. The Bertz CT molecular complexity index is 675. The van der Waals surface area contributed by atoms with Crippen LogP contribution < -0.4 is 10.6 Å². The highest BCUT2D eigenvalue weighted by Gasteiger charge is 2.09. The molecule has 0 spiro atoms. The Hall–Kier alpha value is -2.20. The smallest absolute Gasteiger partial charge is 0.269 e. The average molecular weight is 353 g/mol. The highest BCUT2D eigenvalue weighted by atomic mass is 32.2. The van der Waals surface area contributed by atoms with E-state index in [4.69, 9.17) is 0 Å². The van der Waals surface area contributed by atoms with Crippen LogP contribution >= 0.6 is 23.1 Å². The molecule has 0 bridgehead atoms. The number of nitrogens with one attached hydrogen (secondary N) is 2. The van der Waals surface area contributed by atoms with Crippen molar-refractivity contribution >= 4 is 45.5 Å². The maximum absolute atomic E-state index is 11.9. The number of carbonyl (C=O) groups is 1. The zero-order valence-corrected chi connectivity index (χ0v) is 13.9. The van der Waals surface area contributed by atoms with Crippen LogP contribution in [-0.4, -0.2) is 33.3 Å². The van der Waals surface area contributed by atoms with E-state index in [2.05, 4.69) is 27.8 Å². The first-order valence-electron chi connectivity index (χ1n) is 6.83. The number of thioether (sulfide) groups is 1. The van der Waals surface area contributed by atoms with E-state index in [1.54, 1.807) is 0 Å². The number of anilines is 2. The number of rotatable bonds is 8. The topological polar surface area (TPSA) is 110 Å². The van der Waals surface area contributed by atoms with Crippen LogP contribution in [0, 0.1) is 10.1 Å². The van der Waals surface area contributed by atoms with Crippen molar-refractivity contribution in [3.63, 3.8) is 0 Å². The predicted molar refractivity (Wildman–Crippen MR) is 91.1 cm³/mol. The molecule has 0 aliphatic heterocycles. The first-order valence-corrected chi connectivity index (χ1v) is 8.63. The molecule has 1 aromatic carbocycles. The van der Waals surface area contributed by atoms with Crippen LogP contribution in [0.5, 0.6) is 0 Å². The fraction of sp³-hybridized carbons (Fsp3) is 0.308. The van der Waals surface area contributed by atoms with Crippen molar-refractivity contribution in [1.82, 2.24) is 10.2 Å². The van der Waals surface area contributed by atoms with Crippen molar-refractivity contribution in [1.29, 1.82) is 0 Å². The third-order valence-corrected chi connectivity index (χ3v) is 4.64. The van der Waals surface area contributed by atoms with Gasteiger partial charge in [0, 0.05) is 24.4 Å². The number of benzene rings is 1. The molecule has 8 nitrogen and oxygen atoms in total. The summed E-state index contributed by atoms with van der Waals surface area (Å²) >= 11 is 2.70. The molecule has 1 heterocycles. The molecule has 0 aliphatic rings. The quantitative estimate of drug-likeness (QED) is 0.426. The summed E-state index contributed by atoms with van der Waals surface area (Å²) in [4.78, 5) is 21.9. The summed E-state index contributed by atoms with van der Waals surface area (Å²) in [7, 11) is 0. The van der Waals surface area contributed by atoms with Crippen LogP contribution in [0.4, 0.5) is 16.5 Å². The largest absolute Gasteiger partial charge is 0.360 e.